The monoisotopic (exact) mass is 510 g/mol. The van der Waals surface area contributed by atoms with Gasteiger partial charge in [0.15, 0.2) is 9.84 Å². The number of aromatic amines is 1. The van der Waals surface area contributed by atoms with Crippen molar-refractivity contribution >= 4 is 15.4 Å². The van der Waals surface area contributed by atoms with Gasteiger partial charge in [-0.25, -0.2) is 8.42 Å². The van der Waals surface area contributed by atoms with Gasteiger partial charge in [0.2, 0.25) is 0 Å². The fraction of sp³-hybridized carbons (Fsp3) is 0.500. The average Bonchev–Trinajstić information content (AvgIpc) is 3.33. The molecule has 0 radical (unpaired) electrons. The molecule has 1 fully saturated rings. The zero-order valence-corrected chi connectivity index (χ0v) is 21.0. The van der Waals surface area contributed by atoms with Crippen LogP contribution in [0.4, 0.5) is 13.2 Å². The van der Waals surface area contributed by atoms with Crippen molar-refractivity contribution in [1.29, 1.82) is 0 Å². The van der Waals surface area contributed by atoms with E-state index in [2.05, 4.69) is 9.88 Å². The van der Waals surface area contributed by atoms with E-state index >= 15 is 0 Å². The lowest BCUT2D eigenvalue weighted by molar-refractivity contribution is -0.138. The van der Waals surface area contributed by atoms with E-state index < -0.39 is 27.1 Å². The maximum atomic E-state index is 13.1. The van der Waals surface area contributed by atoms with Crippen molar-refractivity contribution in [3.8, 4) is 0 Å². The first-order chi connectivity index (χ1) is 16.5. The minimum absolute atomic E-state index is 0.0415. The highest BCUT2D eigenvalue weighted by atomic mass is 32.2. The third-order valence-corrected chi connectivity index (χ3v) is 8.43. The second-order valence-corrected chi connectivity index (χ2v) is 11.1. The van der Waals surface area contributed by atoms with Crippen molar-refractivity contribution in [1.82, 2.24) is 9.88 Å². The van der Waals surface area contributed by atoms with E-state index in [0.29, 0.717) is 24.1 Å². The Labute approximate surface area is 205 Å². The van der Waals surface area contributed by atoms with Crippen LogP contribution in [0.15, 0.2) is 52.2 Å². The van der Waals surface area contributed by atoms with Gasteiger partial charge in [0.25, 0.3) is 5.56 Å². The van der Waals surface area contributed by atoms with Crippen molar-refractivity contribution in [2.75, 3.05) is 25.4 Å². The van der Waals surface area contributed by atoms with Gasteiger partial charge in [-0.05, 0) is 74.6 Å². The van der Waals surface area contributed by atoms with Crippen LogP contribution < -0.4 is 5.56 Å². The largest absolute Gasteiger partial charge is 0.421 e. The molecule has 1 N–H and O–H groups in total. The van der Waals surface area contributed by atoms with E-state index in [1.807, 2.05) is 19.9 Å². The number of benzene rings is 1. The van der Waals surface area contributed by atoms with Crippen LogP contribution in [0.3, 0.4) is 0 Å². The third-order valence-electron chi connectivity index (χ3n) is 6.61. The number of allylic oxidation sites excluding steroid dienone is 1. The van der Waals surface area contributed by atoms with Gasteiger partial charge in [-0.3, -0.25) is 4.79 Å². The Balaban J connectivity index is 1.88. The number of nitrogens with one attached hydrogen (secondary N) is 1. The van der Waals surface area contributed by atoms with Gasteiger partial charge in [-0.2, -0.15) is 13.2 Å². The summed E-state index contributed by atoms with van der Waals surface area (Å²) in [5.74, 6) is 0.291. The van der Waals surface area contributed by atoms with Crippen LogP contribution in [0.5, 0.6) is 0 Å². The fourth-order valence-electron chi connectivity index (χ4n) is 4.53. The van der Waals surface area contributed by atoms with Gasteiger partial charge in [0.05, 0.1) is 10.6 Å². The van der Waals surface area contributed by atoms with Gasteiger partial charge in [-0.15, -0.1) is 0 Å². The molecule has 35 heavy (non-hydrogen) atoms. The lowest BCUT2D eigenvalue weighted by Gasteiger charge is -2.17. The Kier molecular flexibility index (Phi) is 8.99. The lowest BCUT2D eigenvalue weighted by Crippen LogP contribution is -2.25. The average molecular weight is 511 g/mol. The van der Waals surface area contributed by atoms with Crippen LogP contribution >= 0.6 is 0 Å². The highest BCUT2D eigenvalue weighted by molar-refractivity contribution is 7.91. The number of sulfone groups is 1. The summed E-state index contributed by atoms with van der Waals surface area (Å²) in [4.78, 5) is 16.9. The summed E-state index contributed by atoms with van der Waals surface area (Å²) in [6.45, 7) is 6.52. The first-order valence-corrected chi connectivity index (χ1v) is 13.8. The van der Waals surface area contributed by atoms with Crippen molar-refractivity contribution in [2.45, 2.75) is 57.0 Å². The van der Waals surface area contributed by atoms with E-state index in [4.69, 9.17) is 0 Å². The third kappa shape index (κ3) is 7.07. The summed E-state index contributed by atoms with van der Waals surface area (Å²) < 4.78 is 64.8. The predicted octanol–water partition coefficient (Wildman–Crippen LogP) is 5.52. The number of nitrogens with zero attached hydrogens (tertiary/aromatic N) is 1. The zero-order valence-electron chi connectivity index (χ0n) is 20.2. The maximum absolute atomic E-state index is 13.1. The van der Waals surface area contributed by atoms with Crippen molar-refractivity contribution in [2.24, 2.45) is 5.92 Å². The Morgan fingerprint density at radius 1 is 1.06 bits per heavy atom. The van der Waals surface area contributed by atoms with Gasteiger partial charge >= 0.3 is 6.18 Å². The molecule has 1 saturated carbocycles. The maximum Gasteiger partial charge on any atom is 0.421 e. The molecule has 0 atom stereocenters. The van der Waals surface area contributed by atoms with E-state index in [-0.39, 0.29) is 22.3 Å². The zero-order chi connectivity index (χ0) is 25.6. The number of hydrogen-bond acceptors (Lipinski definition) is 4. The molecule has 0 bridgehead atoms. The first-order valence-electron chi connectivity index (χ1n) is 12.1. The summed E-state index contributed by atoms with van der Waals surface area (Å²) >= 11 is 0. The number of H-pyrrole nitrogens is 1. The summed E-state index contributed by atoms with van der Waals surface area (Å²) in [7, 11) is -3.46. The molecule has 1 aromatic carbocycles. The standard InChI is InChI=1S/C26H33F3N2O3S/c1-3-31(4-2)16-7-17-35(33,34)21-12-10-20(11-13-21)22(18-19-8-5-6-9-19)24-15-14-23(25(32)30-24)26(27,28)29/h10-15,18-19H,3-9,16-17H2,1-2H3,(H,30,32)/b22-18+. The molecule has 0 amide bonds. The number of hydrogen-bond donors (Lipinski definition) is 1. The van der Waals surface area contributed by atoms with E-state index in [9.17, 15) is 26.4 Å². The smallest absolute Gasteiger partial charge is 0.321 e. The molecule has 192 valence electrons. The predicted molar refractivity (Wildman–Crippen MR) is 132 cm³/mol. The van der Waals surface area contributed by atoms with Crippen molar-refractivity contribution in [3.63, 3.8) is 0 Å². The minimum Gasteiger partial charge on any atom is -0.321 e. The van der Waals surface area contributed by atoms with E-state index in [0.717, 1.165) is 44.8 Å². The highest BCUT2D eigenvalue weighted by Crippen LogP contribution is 2.33. The van der Waals surface area contributed by atoms with Crippen LogP contribution in [0, 0.1) is 5.92 Å². The van der Waals surface area contributed by atoms with E-state index in [1.54, 1.807) is 12.1 Å². The molecule has 1 aromatic heterocycles. The lowest BCUT2D eigenvalue weighted by atomic mass is 9.96. The van der Waals surface area contributed by atoms with Crippen LogP contribution in [0.25, 0.3) is 5.57 Å². The topological polar surface area (TPSA) is 70.2 Å². The molecule has 3 rings (SSSR count). The van der Waals surface area contributed by atoms with Gasteiger partial charge < -0.3 is 9.88 Å². The molecule has 1 heterocycles. The molecule has 2 aromatic rings. The molecular formula is C26H33F3N2O3S. The molecule has 0 spiro atoms. The van der Waals surface area contributed by atoms with Crippen molar-refractivity contribution < 1.29 is 21.6 Å². The SMILES string of the molecule is CCN(CC)CCCS(=O)(=O)c1ccc(/C(=C\C2CCCC2)c2ccc(C(F)(F)F)c(=O)[nH]2)cc1. The minimum atomic E-state index is -4.73. The number of aromatic nitrogens is 1. The highest BCUT2D eigenvalue weighted by Gasteiger charge is 2.34. The van der Waals surface area contributed by atoms with Gasteiger partial charge in [0.1, 0.15) is 5.56 Å². The van der Waals surface area contributed by atoms with Crippen molar-refractivity contribution in [3.05, 3.63) is 69.6 Å². The Morgan fingerprint density at radius 2 is 1.69 bits per heavy atom. The van der Waals surface area contributed by atoms with Crippen LogP contribution in [-0.4, -0.2) is 43.7 Å². The summed E-state index contributed by atoms with van der Waals surface area (Å²) in [5, 5.41) is 0. The van der Waals surface area contributed by atoms with Gasteiger partial charge in [-0.1, -0.05) is 44.9 Å². The Bertz CT molecular complexity index is 1180. The molecule has 9 heteroatoms. The van der Waals surface area contributed by atoms with Gasteiger partial charge in [0, 0.05) is 11.3 Å². The normalized spacial score (nSPS) is 15.8. The summed E-state index contributed by atoms with van der Waals surface area (Å²) in [6, 6.07) is 8.45. The number of halogens is 3. The second kappa shape index (κ2) is 11.6. The van der Waals surface area contributed by atoms with E-state index in [1.165, 1.54) is 18.2 Å². The van der Waals surface area contributed by atoms with Crippen LogP contribution in [0.2, 0.25) is 0 Å². The number of pyridine rings is 1. The number of rotatable bonds is 10. The molecule has 1 aliphatic rings. The van der Waals surface area contributed by atoms with Crippen LogP contribution in [0.1, 0.15) is 62.8 Å². The number of alkyl halides is 3. The molecule has 5 nitrogen and oxygen atoms in total. The fourth-order valence-corrected chi connectivity index (χ4v) is 5.83. The Hall–Kier alpha value is -2.39. The summed E-state index contributed by atoms with van der Waals surface area (Å²) in [5.41, 5.74) is -0.903. The quantitative estimate of drug-likeness (QED) is 0.457. The molecular weight excluding hydrogens is 477 g/mol. The van der Waals surface area contributed by atoms with Crippen LogP contribution in [-0.2, 0) is 16.0 Å². The molecule has 0 unspecified atom stereocenters. The molecule has 0 saturated heterocycles. The summed E-state index contributed by atoms with van der Waals surface area (Å²) in [6.07, 6.45) is 1.86. The first kappa shape index (κ1) is 27.2. The second-order valence-electron chi connectivity index (χ2n) is 8.96. The Morgan fingerprint density at radius 3 is 2.23 bits per heavy atom. The molecule has 0 aliphatic heterocycles. The molecule has 1 aliphatic carbocycles.